The van der Waals surface area contributed by atoms with Gasteiger partial charge < -0.3 is 20.1 Å². The molecule has 0 aromatic rings. The van der Waals surface area contributed by atoms with Crippen LogP contribution >= 0.6 is 24.0 Å². The summed E-state index contributed by atoms with van der Waals surface area (Å²) in [5, 5.41) is 12.9. The fourth-order valence-corrected chi connectivity index (χ4v) is 3.49. The second kappa shape index (κ2) is 7.00. The summed E-state index contributed by atoms with van der Waals surface area (Å²) in [5.74, 6) is 1.02. The van der Waals surface area contributed by atoms with Gasteiger partial charge in [-0.3, -0.25) is 4.99 Å². The molecule has 1 spiro atoms. The number of likely N-dealkylation sites (tertiary alicyclic amines) is 1. The molecule has 0 bridgehead atoms. The average molecular weight is 409 g/mol. The molecule has 0 aromatic heterocycles. The van der Waals surface area contributed by atoms with Gasteiger partial charge in [-0.2, -0.15) is 0 Å². The summed E-state index contributed by atoms with van der Waals surface area (Å²) in [7, 11) is 0. The van der Waals surface area contributed by atoms with E-state index < -0.39 is 0 Å². The molecule has 6 heteroatoms. The highest BCUT2D eigenvalue weighted by atomic mass is 127. The van der Waals surface area contributed by atoms with Gasteiger partial charge in [0.15, 0.2) is 5.96 Å². The van der Waals surface area contributed by atoms with Crippen molar-refractivity contribution in [3.05, 3.63) is 0 Å². The van der Waals surface area contributed by atoms with Crippen molar-refractivity contribution < 1.29 is 9.84 Å². The number of guanidine groups is 1. The van der Waals surface area contributed by atoms with Crippen LogP contribution in [0.5, 0.6) is 0 Å². The normalized spacial score (nSPS) is 26.0. The molecular formula is C15H28IN3O2. The van der Waals surface area contributed by atoms with Crippen molar-refractivity contribution in [2.45, 2.75) is 32.6 Å². The number of hydrogen-bond donors (Lipinski definition) is 2. The highest BCUT2D eigenvalue weighted by Gasteiger charge is 2.44. The van der Waals surface area contributed by atoms with Crippen LogP contribution < -0.4 is 5.32 Å². The highest BCUT2D eigenvalue weighted by molar-refractivity contribution is 14.0. The number of nitrogens with zero attached hydrogens (tertiary/aromatic N) is 2. The highest BCUT2D eigenvalue weighted by Crippen LogP contribution is 2.47. The van der Waals surface area contributed by atoms with E-state index in [-0.39, 0.29) is 36.0 Å². The zero-order valence-corrected chi connectivity index (χ0v) is 15.3. The van der Waals surface area contributed by atoms with E-state index in [1.807, 2.05) is 0 Å². The van der Waals surface area contributed by atoms with Crippen LogP contribution in [-0.2, 0) is 4.74 Å². The van der Waals surface area contributed by atoms with Crippen molar-refractivity contribution in [2.75, 3.05) is 46.0 Å². The van der Waals surface area contributed by atoms with Crippen LogP contribution in [-0.4, -0.2) is 62.0 Å². The molecule has 0 radical (unpaired) electrons. The molecule has 0 aromatic carbocycles. The standard InChI is InChI=1S/C15H27N3O2.HI/c1-2-16-13(17-8-15(10-19)11-20-12-15)18-7-6-14(9-18)4-3-5-14;/h19H,2-12H2,1H3,(H,16,17);1H. The number of nitrogens with one attached hydrogen (secondary N) is 1. The maximum atomic E-state index is 9.49. The van der Waals surface area contributed by atoms with Gasteiger partial charge in [0.25, 0.3) is 0 Å². The molecule has 2 saturated heterocycles. The zero-order chi connectivity index (χ0) is 14.1. The van der Waals surface area contributed by atoms with Gasteiger partial charge in [-0.25, -0.2) is 0 Å². The first kappa shape index (κ1) is 17.3. The minimum atomic E-state index is -0.130. The van der Waals surface area contributed by atoms with Gasteiger partial charge in [-0.15, -0.1) is 24.0 Å². The van der Waals surface area contributed by atoms with Crippen LogP contribution in [0.1, 0.15) is 32.6 Å². The van der Waals surface area contributed by atoms with Crippen molar-refractivity contribution in [3.63, 3.8) is 0 Å². The third kappa shape index (κ3) is 3.47. The maximum Gasteiger partial charge on any atom is 0.193 e. The third-order valence-corrected chi connectivity index (χ3v) is 5.20. The van der Waals surface area contributed by atoms with Gasteiger partial charge in [-0.05, 0) is 31.6 Å². The molecule has 0 atom stereocenters. The van der Waals surface area contributed by atoms with E-state index in [9.17, 15) is 5.11 Å². The van der Waals surface area contributed by atoms with Crippen molar-refractivity contribution in [1.82, 2.24) is 10.2 Å². The van der Waals surface area contributed by atoms with Crippen molar-refractivity contribution in [1.29, 1.82) is 0 Å². The first-order valence-corrected chi connectivity index (χ1v) is 7.93. The number of hydrogen-bond acceptors (Lipinski definition) is 3. The van der Waals surface area contributed by atoms with Crippen LogP contribution in [0, 0.1) is 10.8 Å². The Morgan fingerprint density at radius 1 is 1.33 bits per heavy atom. The van der Waals surface area contributed by atoms with Gasteiger partial charge in [0, 0.05) is 19.6 Å². The van der Waals surface area contributed by atoms with E-state index in [2.05, 4.69) is 17.1 Å². The number of rotatable bonds is 4. The Morgan fingerprint density at radius 3 is 2.52 bits per heavy atom. The number of aliphatic hydroxyl groups excluding tert-OH is 1. The van der Waals surface area contributed by atoms with Crippen molar-refractivity contribution >= 4 is 29.9 Å². The molecular weight excluding hydrogens is 381 g/mol. The van der Waals surface area contributed by atoms with E-state index in [4.69, 9.17) is 9.73 Å². The first-order chi connectivity index (χ1) is 9.71. The van der Waals surface area contributed by atoms with Crippen molar-refractivity contribution in [2.24, 2.45) is 15.8 Å². The predicted octanol–water partition coefficient (Wildman–Crippen LogP) is 1.45. The summed E-state index contributed by atoms with van der Waals surface area (Å²) < 4.78 is 5.24. The zero-order valence-electron chi connectivity index (χ0n) is 12.9. The number of ether oxygens (including phenoxy) is 1. The maximum absolute atomic E-state index is 9.49. The fourth-order valence-electron chi connectivity index (χ4n) is 3.49. The Hall–Kier alpha value is -0.0800. The van der Waals surface area contributed by atoms with Gasteiger partial charge >= 0.3 is 0 Å². The van der Waals surface area contributed by atoms with Crippen LogP contribution in [0.2, 0.25) is 0 Å². The van der Waals surface area contributed by atoms with Gasteiger partial charge in [0.1, 0.15) is 0 Å². The summed E-state index contributed by atoms with van der Waals surface area (Å²) in [6.45, 7) is 7.38. The second-order valence-electron chi connectivity index (χ2n) is 6.85. The lowest BCUT2D eigenvalue weighted by atomic mass is 9.68. The minimum absolute atomic E-state index is 0. The lowest BCUT2D eigenvalue weighted by Crippen LogP contribution is -2.49. The Balaban J connectivity index is 0.00000161. The van der Waals surface area contributed by atoms with Gasteiger partial charge in [-0.1, -0.05) is 6.42 Å². The first-order valence-electron chi connectivity index (χ1n) is 7.93. The van der Waals surface area contributed by atoms with E-state index in [1.165, 1.54) is 25.7 Å². The molecule has 3 fully saturated rings. The topological polar surface area (TPSA) is 57.1 Å². The molecule has 122 valence electrons. The Bertz CT molecular complexity index is 376. The van der Waals surface area contributed by atoms with E-state index >= 15 is 0 Å². The molecule has 2 aliphatic heterocycles. The van der Waals surface area contributed by atoms with Gasteiger partial charge in [0.2, 0.25) is 0 Å². The predicted molar refractivity (Wildman–Crippen MR) is 94.2 cm³/mol. The largest absolute Gasteiger partial charge is 0.396 e. The van der Waals surface area contributed by atoms with Crippen LogP contribution in [0.4, 0.5) is 0 Å². The number of aliphatic hydroxyl groups is 1. The Morgan fingerprint density at radius 2 is 2.10 bits per heavy atom. The lowest BCUT2D eigenvalue weighted by molar-refractivity contribution is -0.130. The Kier molecular flexibility index (Phi) is 5.76. The molecule has 21 heavy (non-hydrogen) atoms. The lowest BCUT2D eigenvalue weighted by Gasteiger charge is -2.39. The Labute approximate surface area is 144 Å². The van der Waals surface area contributed by atoms with Crippen molar-refractivity contribution in [3.8, 4) is 0 Å². The number of halogens is 1. The summed E-state index contributed by atoms with van der Waals surface area (Å²) in [5.41, 5.74) is 0.457. The quantitative estimate of drug-likeness (QED) is 0.420. The smallest absolute Gasteiger partial charge is 0.193 e. The molecule has 5 nitrogen and oxygen atoms in total. The molecule has 3 rings (SSSR count). The molecule has 2 N–H and O–H groups in total. The average Bonchev–Trinajstić information content (AvgIpc) is 2.82. The third-order valence-electron chi connectivity index (χ3n) is 5.20. The van der Waals surface area contributed by atoms with Crippen LogP contribution in [0.15, 0.2) is 4.99 Å². The van der Waals surface area contributed by atoms with E-state index in [0.29, 0.717) is 25.2 Å². The molecule has 3 aliphatic rings. The summed E-state index contributed by atoms with van der Waals surface area (Å²) >= 11 is 0. The van der Waals surface area contributed by atoms with Crippen LogP contribution in [0.3, 0.4) is 0 Å². The summed E-state index contributed by atoms with van der Waals surface area (Å²) in [6.07, 6.45) is 5.48. The minimum Gasteiger partial charge on any atom is -0.396 e. The van der Waals surface area contributed by atoms with Crippen LogP contribution in [0.25, 0.3) is 0 Å². The fraction of sp³-hybridized carbons (Fsp3) is 0.933. The molecule has 0 amide bonds. The molecule has 0 unspecified atom stereocenters. The van der Waals surface area contributed by atoms with E-state index in [1.54, 1.807) is 0 Å². The second-order valence-corrected chi connectivity index (χ2v) is 6.85. The summed E-state index contributed by atoms with van der Waals surface area (Å²) in [4.78, 5) is 7.19. The molecule has 1 aliphatic carbocycles. The van der Waals surface area contributed by atoms with E-state index in [0.717, 1.165) is 25.6 Å². The molecule has 2 heterocycles. The van der Waals surface area contributed by atoms with Gasteiger partial charge in [0.05, 0.1) is 31.8 Å². The molecule has 1 saturated carbocycles. The summed E-state index contributed by atoms with van der Waals surface area (Å²) in [6, 6.07) is 0. The SMILES string of the molecule is CCNC(=NCC1(CO)COC1)N1CCC2(CCC2)C1.I. The number of aliphatic imine (C=N–C) groups is 1. The monoisotopic (exact) mass is 409 g/mol.